The summed E-state index contributed by atoms with van der Waals surface area (Å²) in [5.41, 5.74) is 1.53. The molecule has 4 rings (SSSR count). The van der Waals surface area contributed by atoms with E-state index in [9.17, 15) is 32.3 Å². The molecule has 13 heteroatoms. The number of methoxy groups -OCH3 is 1. The third kappa shape index (κ3) is 7.92. The third-order valence-electron chi connectivity index (χ3n) is 6.39. The quantitative estimate of drug-likeness (QED) is 0.404. The number of halogens is 4. The molecule has 1 aromatic heterocycles. The fourth-order valence-corrected chi connectivity index (χ4v) is 4.56. The van der Waals surface area contributed by atoms with Gasteiger partial charge in [-0.25, -0.2) is 9.37 Å². The number of hydrogen-bond donors (Lipinski definition) is 2. The number of benzene rings is 2. The minimum absolute atomic E-state index is 0.0261. The predicted molar refractivity (Wildman–Crippen MR) is 144 cm³/mol. The molecular weight excluding hydrogens is 534 g/mol. The second kappa shape index (κ2) is 14.6. The second-order valence-corrected chi connectivity index (χ2v) is 8.98. The van der Waals surface area contributed by atoms with Gasteiger partial charge in [-0.15, -0.1) is 0 Å². The molecular formula is C27H33F4N5O4. The van der Waals surface area contributed by atoms with Crippen LogP contribution in [0.5, 0.6) is 5.75 Å². The number of rotatable bonds is 8. The highest BCUT2D eigenvalue weighted by Gasteiger charge is 2.19. The molecule has 1 amide bonds. The molecule has 1 saturated heterocycles. The number of fused-ring (bicyclic) bond motifs is 1. The Morgan fingerprint density at radius 3 is 2.55 bits per heavy atom. The van der Waals surface area contributed by atoms with Crippen LogP contribution >= 0.6 is 0 Å². The second-order valence-electron chi connectivity index (χ2n) is 8.98. The van der Waals surface area contributed by atoms with Crippen LogP contribution in [0.25, 0.3) is 22.3 Å². The number of carbonyl (C=O) groups is 1. The molecule has 0 bridgehead atoms. The molecule has 0 spiro atoms. The number of carbonyl (C=O) groups excluding carboxylic acids is 1. The van der Waals surface area contributed by atoms with E-state index in [2.05, 4.69) is 15.1 Å². The summed E-state index contributed by atoms with van der Waals surface area (Å²) in [6.07, 6.45) is 0.947. The number of nitrogens with zero attached hydrogens (tertiary/aromatic N) is 4. The number of anilines is 1. The first-order chi connectivity index (χ1) is 19.2. The summed E-state index contributed by atoms with van der Waals surface area (Å²) in [6.45, 7) is 2.49. The van der Waals surface area contributed by atoms with Crippen molar-refractivity contribution >= 4 is 22.5 Å². The van der Waals surface area contributed by atoms with Crippen molar-refractivity contribution in [3.8, 4) is 17.1 Å². The van der Waals surface area contributed by atoms with E-state index in [0.717, 1.165) is 38.3 Å². The van der Waals surface area contributed by atoms with Gasteiger partial charge in [-0.1, -0.05) is 0 Å². The van der Waals surface area contributed by atoms with Crippen LogP contribution in [0.15, 0.2) is 41.2 Å². The number of hydrogen-bond acceptors (Lipinski definition) is 7. The van der Waals surface area contributed by atoms with Gasteiger partial charge >= 0.3 is 6.68 Å². The molecule has 40 heavy (non-hydrogen) atoms. The van der Waals surface area contributed by atoms with Crippen LogP contribution in [0.2, 0.25) is 0 Å². The van der Waals surface area contributed by atoms with Crippen LogP contribution in [-0.4, -0.2) is 85.1 Å². The Morgan fingerprint density at radius 2 is 1.88 bits per heavy atom. The van der Waals surface area contributed by atoms with Crippen LogP contribution < -0.4 is 20.5 Å². The Labute approximate surface area is 229 Å². The standard InChI is InChI=1S/C26H32FN5O4.CHF3/c1-3-28-24(34)17-32-25(18-5-7-21(27)23(15-18)36-2)29-22-8-6-19(16-20(22)26(32)35)31-10-4-9-30(11-12-31)13-14-33;2-1(3)4/h5-8,15-16,33H,3-4,9-14,17H2,1-2H3,(H,28,34);1H. The summed E-state index contributed by atoms with van der Waals surface area (Å²) in [4.78, 5) is 35.4. The average molecular weight is 568 g/mol. The number of alkyl halides is 3. The average Bonchev–Trinajstić information content (AvgIpc) is 3.16. The van der Waals surface area contributed by atoms with Crippen LogP contribution in [0.3, 0.4) is 0 Å². The summed E-state index contributed by atoms with van der Waals surface area (Å²) in [6, 6.07) is 9.83. The zero-order valence-electron chi connectivity index (χ0n) is 22.4. The monoisotopic (exact) mass is 567 g/mol. The number of aliphatic hydroxyl groups excluding tert-OH is 1. The molecule has 218 valence electrons. The molecule has 0 saturated carbocycles. The lowest BCUT2D eigenvalue weighted by Gasteiger charge is -2.24. The van der Waals surface area contributed by atoms with Crippen molar-refractivity contribution in [2.75, 3.05) is 57.9 Å². The van der Waals surface area contributed by atoms with Gasteiger partial charge in [0.25, 0.3) is 5.56 Å². The number of ether oxygens (including phenoxy) is 1. The number of likely N-dealkylation sites (N-methyl/N-ethyl adjacent to an activating group) is 1. The van der Waals surface area contributed by atoms with Crippen molar-refractivity contribution < 1.29 is 32.2 Å². The summed E-state index contributed by atoms with van der Waals surface area (Å²) in [5, 5.41) is 12.4. The number of nitrogens with one attached hydrogen (secondary N) is 1. The Bertz CT molecular complexity index is 1350. The van der Waals surface area contributed by atoms with E-state index < -0.39 is 12.5 Å². The normalized spacial score (nSPS) is 14.1. The number of amides is 1. The van der Waals surface area contributed by atoms with E-state index in [0.29, 0.717) is 29.6 Å². The van der Waals surface area contributed by atoms with Gasteiger partial charge in [0.2, 0.25) is 5.91 Å². The van der Waals surface area contributed by atoms with Crippen molar-refractivity contribution in [2.24, 2.45) is 0 Å². The zero-order valence-corrected chi connectivity index (χ0v) is 22.4. The molecule has 0 atom stereocenters. The summed E-state index contributed by atoms with van der Waals surface area (Å²) in [5.74, 6) is -0.555. The Balaban J connectivity index is 0.00000103. The lowest BCUT2D eigenvalue weighted by atomic mass is 10.1. The Morgan fingerprint density at radius 1 is 1.12 bits per heavy atom. The highest BCUT2D eigenvalue weighted by molar-refractivity contribution is 5.84. The van der Waals surface area contributed by atoms with Gasteiger partial charge in [0.05, 0.1) is 24.6 Å². The molecule has 2 aromatic carbocycles. The van der Waals surface area contributed by atoms with Gasteiger partial charge in [0.1, 0.15) is 12.4 Å². The Hall–Kier alpha value is -3.71. The fourth-order valence-electron chi connectivity index (χ4n) is 4.56. The SMILES string of the molecule is CCNC(=O)Cn1c(-c2ccc(F)c(OC)c2)nc2ccc(N3CCCN(CCO)CC3)cc2c1=O.FC(F)F. The van der Waals surface area contributed by atoms with Crippen molar-refractivity contribution in [3.63, 3.8) is 0 Å². The number of aliphatic hydroxyl groups is 1. The van der Waals surface area contributed by atoms with E-state index in [-0.39, 0.29) is 36.2 Å². The first-order valence-corrected chi connectivity index (χ1v) is 12.8. The van der Waals surface area contributed by atoms with Gasteiger partial charge in [-0.3, -0.25) is 19.1 Å². The third-order valence-corrected chi connectivity index (χ3v) is 6.39. The molecule has 1 fully saturated rings. The molecule has 3 aromatic rings. The maximum absolute atomic E-state index is 14.0. The summed E-state index contributed by atoms with van der Waals surface area (Å²) in [7, 11) is 1.37. The number of β-amino-alcohol motifs (C(OH)–C–C–N with tert-alkyl or cyclic N) is 1. The van der Waals surface area contributed by atoms with Gasteiger partial charge in [0, 0.05) is 44.0 Å². The molecule has 1 aliphatic heterocycles. The van der Waals surface area contributed by atoms with Crippen LogP contribution in [-0.2, 0) is 11.3 Å². The topological polar surface area (TPSA) is 99.9 Å². The zero-order chi connectivity index (χ0) is 29.2. The molecule has 2 heterocycles. The van der Waals surface area contributed by atoms with Crippen molar-refractivity contribution in [2.45, 2.75) is 26.6 Å². The van der Waals surface area contributed by atoms with Crippen molar-refractivity contribution in [1.82, 2.24) is 19.8 Å². The van der Waals surface area contributed by atoms with Crippen molar-refractivity contribution in [1.29, 1.82) is 0 Å². The maximum Gasteiger partial charge on any atom is 0.379 e. The largest absolute Gasteiger partial charge is 0.494 e. The minimum atomic E-state index is -3.67. The number of aromatic nitrogens is 2. The first-order valence-electron chi connectivity index (χ1n) is 12.8. The lowest BCUT2D eigenvalue weighted by molar-refractivity contribution is -0.121. The molecule has 9 nitrogen and oxygen atoms in total. The molecule has 0 aliphatic carbocycles. The predicted octanol–water partition coefficient (Wildman–Crippen LogP) is 3.03. The first kappa shape index (κ1) is 30.8. The van der Waals surface area contributed by atoms with Gasteiger partial charge < -0.3 is 20.1 Å². The van der Waals surface area contributed by atoms with E-state index in [1.54, 1.807) is 6.92 Å². The van der Waals surface area contributed by atoms with Gasteiger partial charge in [-0.2, -0.15) is 13.2 Å². The molecule has 2 N–H and O–H groups in total. The highest BCUT2D eigenvalue weighted by Crippen LogP contribution is 2.27. The summed E-state index contributed by atoms with van der Waals surface area (Å²) < 4.78 is 49.5. The molecule has 0 unspecified atom stereocenters. The molecule has 0 radical (unpaired) electrons. The molecule has 1 aliphatic rings. The van der Waals surface area contributed by atoms with Crippen molar-refractivity contribution in [3.05, 3.63) is 52.6 Å². The van der Waals surface area contributed by atoms with Gasteiger partial charge in [0.15, 0.2) is 11.6 Å². The fraction of sp³-hybridized carbons (Fsp3) is 0.444. The Kier molecular flexibility index (Phi) is 11.3. The van der Waals surface area contributed by atoms with E-state index in [1.807, 2.05) is 18.2 Å². The van der Waals surface area contributed by atoms with E-state index >= 15 is 0 Å². The van der Waals surface area contributed by atoms with E-state index in [4.69, 9.17) is 9.72 Å². The van der Waals surface area contributed by atoms with Crippen LogP contribution in [0.1, 0.15) is 13.3 Å². The minimum Gasteiger partial charge on any atom is -0.494 e. The lowest BCUT2D eigenvalue weighted by Crippen LogP contribution is -2.34. The van der Waals surface area contributed by atoms with Crippen LogP contribution in [0.4, 0.5) is 23.2 Å². The van der Waals surface area contributed by atoms with E-state index in [1.165, 1.54) is 29.9 Å². The van der Waals surface area contributed by atoms with Gasteiger partial charge in [-0.05, 0) is 56.3 Å². The smallest absolute Gasteiger partial charge is 0.379 e. The van der Waals surface area contributed by atoms with Crippen LogP contribution in [0, 0.1) is 5.82 Å². The summed E-state index contributed by atoms with van der Waals surface area (Å²) >= 11 is 0. The highest BCUT2D eigenvalue weighted by atomic mass is 19.4. The maximum atomic E-state index is 14.0.